The second kappa shape index (κ2) is 5.36. The van der Waals surface area contributed by atoms with E-state index in [4.69, 9.17) is 9.31 Å². The van der Waals surface area contributed by atoms with E-state index in [9.17, 15) is 4.79 Å². The van der Waals surface area contributed by atoms with E-state index >= 15 is 0 Å². The van der Waals surface area contributed by atoms with Crippen molar-refractivity contribution in [1.29, 1.82) is 0 Å². The fourth-order valence-corrected chi connectivity index (χ4v) is 2.84. The van der Waals surface area contributed by atoms with Gasteiger partial charge in [-0.1, -0.05) is 30.3 Å². The van der Waals surface area contributed by atoms with Crippen molar-refractivity contribution in [3.63, 3.8) is 0 Å². The molecule has 1 aliphatic rings. The first-order valence-electron chi connectivity index (χ1n) is 7.86. The topological polar surface area (TPSA) is 47.6 Å². The summed E-state index contributed by atoms with van der Waals surface area (Å²) in [5.41, 5.74) is 0.825. The van der Waals surface area contributed by atoms with Gasteiger partial charge in [0, 0.05) is 12.6 Å². The number of fused-ring (bicyclic) bond motifs is 1. The molecule has 0 spiro atoms. The number of hydrogen-bond donors (Lipinski definition) is 1. The molecule has 0 aliphatic carbocycles. The van der Waals surface area contributed by atoms with Crippen LogP contribution in [0.3, 0.4) is 0 Å². The van der Waals surface area contributed by atoms with Crippen LogP contribution in [0.5, 0.6) is 0 Å². The minimum absolute atomic E-state index is 0.0957. The molecule has 5 heteroatoms. The first-order valence-corrected chi connectivity index (χ1v) is 7.86. The predicted octanol–water partition coefficient (Wildman–Crippen LogP) is 2.50. The molecule has 1 aliphatic heterocycles. The van der Waals surface area contributed by atoms with Gasteiger partial charge < -0.3 is 14.6 Å². The molecule has 1 fully saturated rings. The van der Waals surface area contributed by atoms with Gasteiger partial charge in [-0.2, -0.15) is 0 Å². The molecule has 1 N–H and O–H groups in total. The predicted molar refractivity (Wildman–Crippen MR) is 93.1 cm³/mol. The van der Waals surface area contributed by atoms with Crippen molar-refractivity contribution in [2.45, 2.75) is 38.9 Å². The minimum Gasteiger partial charge on any atom is -0.399 e. The summed E-state index contributed by atoms with van der Waals surface area (Å²) in [7, 11) is 1.20. The highest BCUT2D eigenvalue weighted by Gasteiger charge is 2.52. The second-order valence-corrected chi connectivity index (χ2v) is 6.92. The Balaban J connectivity index is 2.12. The highest BCUT2D eigenvalue weighted by molar-refractivity contribution is 6.65. The molecule has 0 unspecified atom stereocenters. The van der Waals surface area contributed by atoms with E-state index in [0.717, 1.165) is 16.2 Å². The van der Waals surface area contributed by atoms with Crippen LogP contribution in [0.1, 0.15) is 38.1 Å². The summed E-state index contributed by atoms with van der Waals surface area (Å²) in [5.74, 6) is -0.0957. The van der Waals surface area contributed by atoms with E-state index < -0.39 is 18.3 Å². The summed E-state index contributed by atoms with van der Waals surface area (Å²) in [4.78, 5) is 12.1. The molecule has 2 aromatic carbocycles. The van der Waals surface area contributed by atoms with Crippen LogP contribution >= 0.6 is 0 Å². The van der Waals surface area contributed by atoms with Gasteiger partial charge in [-0.15, -0.1) is 0 Å². The molecular weight excluding hydrogens is 289 g/mol. The van der Waals surface area contributed by atoms with Crippen LogP contribution in [0.15, 0.2) is 36.4 Å². The average Bonchev–Trinajstić information content (AvgIpc) is 2.73. The van der Waals surface area contributed by atoms with Crippen molar-refractivity contribution in [3.8, 4) is 0 Å². The summed E-state index contributed by atoms with van der Waals surface area (Å²) in [6.45, 7) is 8.14. The number of carbonyl (C=O) groups excluding carboxylic acids is 1. The molecule has 0 bridgehead atoms. The van der Waals surface area contributed by atoms with Crippen molar-refractivity contribution >= 4 is 29.3 Å². The number of amides is 1. The Morgan fingerprint density at radius 3 is 2.13 bits per heavy atom. The normalized spacial score (nSPS) is 19.1. The van der Waals surface area contributed by atoms with E-state index in [-0.39, 0.29) is 5.91 Å². The second-order valence-electron chi connectivity index (χ2n) is 6.92. The summed E-state index contributed by atoms with van der Waals surface area (Å²) in [6.07, 6.45) is 0. The third-order valence-electron chi connectivity index (χ3n) is 4.93. The van der Waals surface area contributed by atoms with Crippen molar-refractivity contribution in [2.75, 3.05) is 7.05 Å². The molecule has 1 heterocycles. The lowest BCUT2D eigenvalue weighted by molar-refractivity contribution is 0.00578. The maximum atomic E-state index is 12.1. The standard InChI is InChI=1S/C18H22BNO3/c1-17(2)18(3,4)23-19(22-17)15-11-7-8-12-13(15)9-6-10-14(12)16(21)20-5/h6-11H,1-5H3,(H,20,21). The van der Waals surface area contributed by atoms with Crippen LogP contribution in [-0.2, 0) is 9.31 Å². The van der Waals surface area contributed by atoms with Gasteiger partial charge in [-0.05, 0) is 50.0 Å². The van der Waals surface area contributed by atoms with Crippen LogP contribution in [-0.4, -0.2) is 31.3 Å². The summed E-state index contributed by atoms with van der Waals surface area (Å²) in [6, 6.07) is 11.6. The molecule has 3 rings (SSSR count). The van der Waals surface area contributed by atoms with Gasteiger partial charge in [0.15, 0.2) is 0 Å². The van der Waals surface area contributed by atoms with Gasteiger partial charge in [-0.3, -0.25) is 4.79 Å². The first-order chi connectivity index (χ1) is 10.8. The molecular formula is C18H22BNO3. The van der Waals surface area contributed by atoms with E-state index in [0.29, 0.717) is 5.56 Å². The highest BCUT2D eigenvalue weighted by atomic mass is 16.7. The van der Waals surface area contributed by atoms with Gasteiger partial charge in [0.25, 0.3) is 5.91 Å². The number of carbonyl (C=O) groups is 1. The highest BCUT2D eigenvalue weighted by Crippen LogP contribution is 2.37. The van der Waals surface area contributed by atoms with E-state index in [1.54, 1.807) is 7.05 Å². The zero-order chi connectivity index (χ0) is 16.8. The molecule has 120 valence electrons. The van der Waals surface area contributed by atoms with Crippen molar-refractivity contribution in [1.82, 2.24) is 5.32 Å². The quantitative estimate of drug-likeness (QED) is 0.867. The Morgan fingerprint density at radius 1 is 0.957 bits per heavy atom. The number of nitrogens with one attached hydrogen (secondary N) is 1. The van der Waals surface area contributed by atoms with Gasteiger partial charge in [0.05, 0.1) is 11.2 Å². The lowest BCUT2D eigenvalue weighted by Crippen LogP contribution is -2.41. The van der Waals surface area contributed by atoms with Crippen molar-refractivity contribution in [2.24, 2.45) is 0 Å². The Labute approximate surface area is 137 Å². The van der Waals surface area contributed by atoms with Crippen LogP contribution < -0.4 is 10.8 Å². The smallest absolute Gasteiger partial charge is 0.399 e. The fourth-order valence-electron chi connectivity index (χ4n) is 2.84. The van der Waals surface area contributed by atoms with Gasteiger partial charge in [0.2, 0.25) is 0 Å². The summed E-state index contributed by atoms with van der Waals surface area (Å²) >= 11 is 0. The lowest BCUT2D eigenvalue weighted by Gasteiger charge is -2.32. The van der Waals surface area contributed by atoms with E-state index in [1.165, 1.54) is 0 Å². The van der Waals surface area contributed by atoms with Gasteiger partial charge >= 0.3 is 7.12 Å². The largest absolute Gasteiger partial charge is 0.495 e. The third kappa shape index (κ3) is 2.54. The number of rotatable bonds is 2. The van der Waals surface area contributed by atoms with Crippen molar-refractivity contribution < 1.29 is 14.1 Å². The molecule has 0 saturated carbocycles. The summed E-state index contributed by atoms with van der Waals surface area (Å²) in [5, 5.41) is 4.57. The molecule has 1 saturated heterocycles. The molecule has 0 aromatic heterocycles. The molecule has 23 heavy (non-hydrogen) atoms. The maximum absolute atomic E-state index is 12.1. The van der Waals surface area contributed by atoms with Gasteiger partial charge in [-0.25, -0.2) is 0 Å². The Bertz CT molecular complexity index is 754. The van der Waals surface area contributed by atoms with Crippen LogP contribution in [0.2, 0.25) is 0 Å². The average molecular weight is 311 g/mol. The monoisotopic (exact) mass is 311 g/mol. The number of hydrogen-bond acceptors (Lipinski definition) is 3. The third-order valence-corrected chi connectivity index (χ3v) is 4.93. The molecule has 0 atom stereocenters. The van der Waals surface area contributed by atoms with Crippen molar-refractivity contribution in [3.05, 3.63) is 42.0 Å². The Kier molecular flexibility index (Phi) is 3.73. The fraction of sp³-hybridized carbons (Fsp3) is 0.389. The Morgan fingerprint density at radius 2 is 1.52 bits per heavy atom. The zero-order valence-electron chi connectivity index (χ0n) is 14.3. The SMILES string of the molecule is CNC(=O)c1cccc2c(B3OC(C)(C)C(C)(C)O3)cccc12. The summed E-state index contributed by atoms with van der Waals surface area (Å²) < 4.78 is 12.3. The minimum atomic E-state index is -0.441. The molecule has 1 amide bonds. The lowest BCUT2D eigenvalue weighted by atomic mass is 9.75. The first kappa shape index (κ1) is 16.0. The molecule has 2 aromatic rings. The van der Waals surface area contributed by atoms with E-state index in [1.807, 2.05) is 64.1 Å². The van der Waals surface area contributed by atoms with Crippen LogP contribution in [0, 0.1) is 0 Å². The van der Waals surface area contributed by atoms with E-state index in [2.05, 4.69) is 5.32 Å². The number of benzene rings is 2. The van der Waals surface area contributed by atoms with Crippen LogP contribution in [0.4, 0.5) is 0 Å². The molecule has 4 nitrogen and oxygen atoms in total. The van der Waals surface area contributed by atoms with Crippen LogP contribution in [0.25, 0.3) is 10.8 Å². The zero-order valence-corrected chi connectivity index (χ0v) is 14.3. The Hall–Kier alpha value is -1.85. The maximum Gasteiger partial charge on any atom is 0.495 e. The molecule has 0 radical (unpaired) electrons. The van der Waals surface area contributed by atoms with Gasteiger partial charge in [0.1, 0.15) is 0 Å².